The van der Waals surface area contributed by atoms with Gasteiger partial charge in [-0.05, 0) is 96.3 Å². The van der Waals surface area contributed by atoms with Gasteiger partial charge >= 0.3 is 17.9 Å². The summed E-state index contributed by atoms with van der Waals surface area (Å²) in [5.41, 5.74) is 0. The Morgan fingerprint density at radius 3 is 0.922 bits per heavy atom. The molecule has 1 atom stereocenters. The van der Waals surface area contributed by atoms with E-state index in [4.69, 9.17) is 14.2 Å². The standard InChI is InChI=1S/C58H102O6/c1-4-7-10-13-16-19-22-25-27-28-29-31-33-36-39-42-45-48-51-57(60)63-54-55(53-62-56(59)50-47-44-41-38-35-32-24-21-18-15-12-9-6-3)64-58(61)52-49-46-43-40-37-34-30-26-23-20-17-14-11-8-5-2/h17,20,23,26-29,31-32,35,55H,4-16,18-19,21-22,24-25,30,33-34,36-54H2,1-3H3/b20-17-,26-23-,28-27-,31-29-,35-32-. The molecule has 0 fully saturated rings. The molecular formula is C58H102O6. The summed E-state index contributed by atoms with van der Waals surface area (Å²) in [5, 5.41) is 0. The maximum atomic E-state index is 12.8. The van der Waals surface area contributed by atoms with Crippen molar-refractivity contribution in [2.24, 2.45) is 0 Å². The van der Waals surface area contributed by atoms with Crippen LogP contribution in [0.4, 0.5) is 0 Å². The number of ether oxygens (including phenoxy) is 3. The van der Waals surface area contributed by atoms with Crippen molar-refractivity contribution in [3.8, 4) is 0 Å². The van der Waals surface area contributed by atoms with Crippen molar-refractivity contribution >= 4 is 17.9 Å². The van der Waals surface area contributed by atoms with Gasteiger partial charge in [0.2, 0.25) is 0 Å². The highest BCUT2D eigenvalue weighted by atomic mass is 16.6. The summed E-state index contributed by atoms with van der Waals surface area (Å²) >= 11 is 0. The van der Waals surface area contributed by atoms with E-state index >= 15 is 0 Å². The van der Waals surface area contributed by atoms with Crippen LogP contribution in [-0.2, 0) is 28.6 Å². The van der Waals surface area contributed by atoms with Crippen molar-refractivity contribution in [3.63, 3.8) is 0 Å². The lowest BCUT2D eigenvalue weighted by Crippen LogP contribution is -2.30. The summed E-state index contributed by atoms with van der Waals surface area (Å²) in [5.74, 6) is -0.927. The van der Waals surface area contributed by atoms with Gasteiger partial charge in [-0.3, -0.25) is 14.4 Å². The van der Waals surface area contributed by atoms with Crippen LogP contribution in [0.3, 0.4) is 0 Å². The van der Waals surface area contributed by atoms with Crippen molar-refractivity contribution in [2.45, 2.75) is 277 Å². The molecule has 0 aliphatic heterocycles. The number of esters is 3. The summed E-state index contributed by atoms with van der Waals surface area (Å²) in [6.07, 6.45) is 64.9. The number of carbonyl (C=O) groups is 3. The van der Waals surface area contributed by atoms with Gasteiger partial charge in [0.1, 0.15) is 13.2 Å². The van der Waals surface area contributed by atoms with Gasteiger partial charge < -0.3 is 14.2 Å². The lowest BCUT2D eigenvalue weighted by molar-refractivity contribution is -0.167. The van der Waals surface area contributed by atoms with E-state index < -0.39 is 6.10 Å². The Kier molecular flexibility index (Phi) is 50.4. The smallest absolute Gasteiger partial charge is 0.306 e. The van der Waals surface area contributed by atoms with Gasteiger partial charge in [-0.25, -0.2) is 0 Å². The number of hydrogen-bond acceptors (Lipinski definition) is 6. The molecule has 64 heavy (non-hydrogen) atoms. The number of allylic oxidation sites excluding steroid dienone is 10. The molecule has 370 valence electrons. The first kappa shape index (κ1) is 61.1. The van der Waals surface area contributed by atoms with Crippen molar-refractivity contribution < 1.29 is 28.6 Å². The van der Waals surface area contributed by atoms with Gasteiger partial charge in [-0.2, -0.15) is 0 Å². The van der Waals surface area contributed by atoms with E-state index in [0.29, 0.717) is 19.3 Å². The third kappa shape index (κ3) is 50.1. The average molecular weight is 895 g/mol. The van der Waals surface area contributed by atoms with E-state index in [1.165, 1.54) is 128 Å². The van der Waals surface area contributed by atoms with Crippen molar-refractivity contribution in [3.05, 3.63) is 60.8 Å². The fourth-order valence-electron chi connectivity index (χ4n) is 7.59. The van der Waals surface area contributed by atoms with Crippen LogP contribution >= 0.6 is 0 Å². The lowest BCUT2D eigenvalue weighted by Gasteiger charge is -2.18. The van der Waals surface area contributed by atoms with Crippen LogP contribution in [0.15, 0.2) is 60.8 Å². The Bertz CT molecular complexity index is 1170. The van der Waals surface area contributed by atoms with Gasteiger partial charge in [0.05, 0.1) is 0 Å². The highest BCUT2D eigenvalue weighted by molar-refractivity contribution is 5.71. The predicted molar refractivity (Wildman–Crippen MR) is 275 cm³/mol. The van der Waals surface area contributed by atoms with E-state index in [9.17, 15) is 14.4 Å². The van der Waals surface area contributed by atoms with Crippen LogP contribution in [0.1, 0.15) is 271 Å². The van der Waals surface area contributed by atoms with Gasteiger partial charge in [-0.1, -0.05) is 216 Å². The zero-order valence-corrected chi connectivity index (χ0v) is 42.3. The molecule has 1 unspecified atom stereocenters. The SMILES string of the molecule is CCCCC/C=C\C=C/CCCCCCCCC(=O)OC(COC(=O)CCCCC/C=C\CCCCCCCC)COC(=O)CCCCCCC/C=C\C=C/CCCCCCCCC. The highest BCUT2D eigenvalue weighted by Crippen LogP contribution is 2.14. The topological polar surface area (TPSA) is 78.9 Å². The first-order valence-electron chi connectivity index (χ1n) is 27.3. The van der Waals surface area contributed by atoms with Gasteiger partial charge in [0.25, 0.3) is 0 Å². The minimum atomic E-state index is -0.792. The predicted octanol–water partition coefficient (Wildman–Crippen LogP) is 18.0. The average Bonchev–Trinajstić information content (AvgIpc) is 3.29. The quantitative estimate of drug-likeness (QED) is 0.0199. The van der Waals surface area contributed by atoms with Crippen LogP contribution in [-0.4, -0.2) is 37.2 Å². The first-order valence-corrected chi connectivity index (χ1v) is 27.3. The van der Waals surface area contributed by atoms with Gasteiger partial charge in [0, 0.05) is 19.3 Å². The zero-order chi connectivity index (χ0) is 46.5. The Morgan fingerprint density at radius 2 is 0.562 bits per heavy atom. The maximum absolute atomic E-state index is 12.8. The molecule has 0 spiro atoms. The molecule has 0 amide bonds. The summed E-state index contributed by atoms with van der Waals surface area (Å²) in [4.78, 5) is 38.0. The van der Waals surface area contributed by atoms with E-state index in [0.717, 1.165) is 103 Å². The lowest BCUT2D eigenvalue weighted by atomic mass is 10.1. The third-order valence-corrected chi connectivity index (χ3v) is 11.8. The molecule has 0 rings (SSSR count). The molecule has 0 N–H and O–H groups in total. The van der Waals surface area contributed by atoms with Crippen molar-refractivity contribution in [2.75, 3.05) is 13.2 Å². The van der Waals surface area contributed by atoms with Crippen LogP contribution in [0, 0.1) is 0 Å². The van der Waals surface area contributed by atoms with E-state index in [-0.39, 0.29) is 31.1 Å². The number of carbonyl (C=O) groups excluding carboxylic acids is 3. The Balaban J connectivity index is 4.43. The Morgan fingerprint density at radius 1 is 0.312 bits per heavy atom. The van der Waals surface area contributed by atoms with E-state index in [1.807, 2.05) is 0 Å². The maximum Gasteiger partial charge on any atom is 0.306 e. The number of unbranched alkanes of at least 4 members (excludes halogenated alkanes) is 30. The summed E-state index contributed by atoms with van der Waals surface area (Å²) in [7, 11) is 0. The van der Waals surface area contributed by atoms with Crippen molar-refractivity contribution in [1.29, 1.82) is 0 Å². The van der Waals surface area contributed by atoms with Gasteiger partial charge in [0.15, 0.2) is 6.10 Å². The minimum absolute atomic E-state index is 0.0914. The highest BCUT2D eigenvalue weighted by Gasteiger charge is 2.19. The van der Waals surface area contributed by atoms with Crippen LogP contribution in [0.2, 0.25) is 0 Å². The second kappa shape index (κ2) is 52.7. The summed E-state index contributed by atoms with van der Waals surface area (Å²) < 4.78 is 16.8. The second-order valence-electron chi connectivity index (χ2n) is 18.2. The second-order valence-corrected chi connectivity index (χ2v) is 18.2. The first-order chi connectivity index (χ1) is 31.5. The number of hydrogen-bond donors (Lipinski definition) is 0. The molecule has 0 aromatic heterocycles. The monoisotopic (exact) mass is 895 g/mol. The molecule has 0 heterocycles. The largest absolute Gasteiger partial charge is 0.462 e. The normalized spacial score (nSPS) is 12.5. The van der Waals surface area contributed by atoms with Crippen LogP contribution in [0.5, 0.6) is 0 Å². The van der Waals surface area contributed by atoms with Crippen LogP contribution in [0.25, 0.3) is 0 Å². The van der Waals surface area contributed by atoms with E-state index in [2.05, 4.69) is 81.5 Å². The molecule has 0 saturated heterocycles. The molecule has 6 heteroatoms. The number of rotatable bonds is 49. The fraction of sp³-hybridized carbons (Fsp3) is 0.776. The molecule has 0 aliphatic carbocycles. The molecule has 0 aliphatic rings. The Hall–Kier alpha value is -2.89. The van der Waals surface area contributed by atoms with E-state index in [1.54, 1.807) is 0 Å². The fourth-order valence-corrected chi connectivity index (χ4v) is 7.59. The molecule has 0 radical (unpaired) electrons. The molecule has 0 saturated carbocycles. The minimum Gasteiger partial charge on any atom is -0.462 e. The molecular weight excluding hydrogens is 793 g/mol. The molecule has 0 aromatic carbocycles. The van der Waals surface area contributed by atoms with Gasteiger partial charge in [-0.15, -0.1) is 0 Å². The zero-order valence-electron chi connectivity index (χ0n) is 42.3. The molecule has 0 bridgehead atoms. The molecule has 6 nitrogen and oxygen atoms in total. The summed E-state index contributed by atoms with van der Waals surface area (Å²) in [6.45, 7) is 6.57. The Labute approximate surface area is 396 Å². The summed E-state index contributed by atoms with van der Waals surface area (Å²) in [6, 6.07) is 0. The van der Waals surface area contributed by atoms with Crippen molar-refractivity contribution in [1.82, 2.24) is 0 Å². The van der Waals surface area contributed by atoms with Crippen LogP contribution < -0.4 is 0 Å². The third-order valence-electron chi connectivity index (χ3n) is 11.8. The molecule has 0 aromatic rings.